The second-order valence-electron chi connectivity index (χ2n) is 6.10. The first-order valence-electron chi connectivity index (χ1n) is 7.56. The topological polar surface area (TPSA) is 52.3 Å². The molecule has 1 aliphatic rings. The van der Waals surface area contributed by atoms with Crippen molar-refractivity contribution < 1.29 is 9.53 Å². The molecule has 0 amide bonds. The number of ether oxygens (including phenoxy) is 1. The van der Waals surface area contributed by atoms with Crippen molar-refractivity contribution in [3.05, 3.63) is 29.3 Å². The smallest absolute Gasteiger partial charge is 0.298 e. The zero-order valence-corrected chi connectivity index (χ0v) is 12.7. The van der Waals surface area contributed by atoms with Gasteiger partial charge in [-0.3, -0.25) is 4.79 Å². The summed E-state index contributed by atoms with van der Waals surface area (Å²) in [6, 6.07) is 6.14. The maximum absolute atomic E-state index is 10.5. The first-order chi connectivity index (χ1) is 9.56. The summed E-state index contributed by atoms with van der Waals surface area (Å²) < 4.78 is 5.01. The van der Waals surface area contributed by atoms with Gasteiger partial charge in [0.05, 0.1) is 0 Å². The van der Waals surface area contributed by atoms with E-state index < -0.39 is 0 Å². The molecule has 1 aliphatic carbocycles. The highest BCUT2D eigenvalue weighted by molar-refractivity contribution is 5.49. The minimum Gasteiger partial charge on any atom is -0.429 e. The third kappa shape index (κ3) is 2.47. The number of nitrogens with two attached hydrogens (primary N) is 1. The fourth-order valence-electron chi connectivity index (χ4n) is 3.72. The summed E-state index contributed by atoms with van der Waals surface area (Å²) in [7, 11) is 0. The molecule has 0 aliphatic heterocycles. The van der Waals surface area contributed by atoms with Crippen LogP contribution in [0.15, 0.2) is 18.2 Å². The molecular weight excluding hydrogens is 250 g/mol. The zero-order chi connectivity index (χ0) is 14.8. The van der Waals surface area contributed by atoms with Crippen molar-refractivity contribution in [2.24, 2.45) is 11.7 Å². The lowest BCUT2D eigenvalue weighted by atomic mass is 9.61. The fraction of sp³-hybridized carbons (Fsp3) is 0.588. The second kappa shape index (κ2) is 5.96. The largest absolute Gasteiger partial charge is 0.429 e. The summed E-state index contributed by atoms with van der Waals surface area (Å²) in [5.41, 5.74) is 9.16. The van der Waals surface area contributed by atoms with Gasteiger partial charge in [0, 0.05) is 11.5 Å². The van der Waals surface area contributed by atoms with E-state index in [2.05, 4.69) is 26.8 Å². The third-order valence-electron chi connectivity index (χ3n) is 4.90. The zero-order valence-electron chi connectivity index (χ0n) is 12.7. The van der Waals surface area contributed by atoms with E-state index in [4.69, 9.17) is 10.5 Å². The highest BCUT2D eigenvalue weighted by atomic mass is 16.5. The fourth-order valence-corrected chi connectivity index (χ4v) is 3.72. The van der Waals surface area contributed by atoms with Crippen LogP contribution in [-0.4, -0.2) is 12.5 Å². The van der Waals surface area contributed by atoms with Gasteiger partial charge in [-0.1, -0.05) is 39.7 Å². The molecule has 20 heavy (non-hydrogen) atoms. The molecule has 3 nitrogen and oxygen atoms in total. The van der Waals surface area contributed by atoms with Crippen molar-refractivity contribution in [1.29, 1.82) is 0 Å². The highest BCUT2D eigenvalue weighted by Gasteiger charge is 2.42. The molecule has 3 heteroatoms. The molecule has 0 heterocycles. The van der Waals surface area contributed by atoms with Gasteiger partial charge in [0.15, 0.2) is 0 Å². The molecule has 1 aromatic rings. The maximum Gasteiger partial charge on any atom is 0.298 e. The second-order valence-corrected chi connectivity index (χ2v) is 6.10. The Morgan fingerprint density at radius 1 is 1.45 bits per heavy atom. The van der Waals surface area contributed by atoms with Crippen molar-refractivity contribution in [1.82, 2.24) is 0 Å². The molecular formula is C17H25NO2. The van der Waals surface area contributed by atoms with Crippen molar-refractivity contribution in [3.8, 4) is 5.75 Å². The van der Waals surface area contributed by atoms with Crippen molar-refractivity contribution in [2.45, 2.75) is 57.9 Å². The van der Waals surface area contributed by atoms with Crippen molar-refractivity contribution >= 4 is 6.47 Å². The van der Waals surface area contributed by atoms with Gasteiger partial charge < -0.3 is 10.5 Å². The van der Waals surface area contributed by atoms with Gasteiger partial charge in [0.2, 0.25) is 0 Å². The molecule has 0 bridgehead atoms. The van der Waals surface area contributed by atoms with Gasteiger partial charge in [0.1, 0.15) is 5.75 Å². The minimum atomic E-state index is -0.0364. The number of hydrogen-bond acceptors (Lipinski definition) is 3. The molecule has 0 radical (unpaired) electrons. The number of carbonyl (C=O) groups is 1. The predicted molar refractivity (Wildman–Crippen MR) is 80.9 cm³/mol. The van der Waals surface area contributed by atoms with Crippen LogP contribution in [0.4, 0.5) is 0 Å². The van der Waals surface area contributed by atoms with Crippen LogP contribution in [-0.2, 0) is 16.6 Å². The Morgan fingerprint density at radius 2 is 2.20 bits per heavy atom. The minimum absolute atomic E-state index is 0.0364. The molecule has 2 N–H and O–H groups in total. The predicted octanol–water partition coefficient (Wildman–Crippen LogP) is 3.19. The van der Waals surface area contributed by atoms with Gasteiger partial charge in [-0.25, -0.2) is 0 Å². The Morgan fingerprint density at radius 3 is 2.80 bits per heavy atom. The first-order valence-corrected chi connectivity index (χ1v) is 7.56. The Labute approximate surface area is 121 Å². The molecule has 0 aromatic heterocycles. The summed E-state index contributed by atoms with van der Waals surface area (Å²) in [6.07, 6.45) is 4.28. The van der Waals surface area contributed by atoms with Crippen LogP contribution in [0, 0.1) is 5.92 Å². The molecule has 2 rings (SSSR count). The molecule has 1 aromatic carbocycles. The molecule has 3 atom stereocenters. The average Bonchev–Trinajstić information content (AvgIpc) is 2.44. The van der Waals surface area contributed by atoms with Crippen molar-refractivity contribution in [3.63, 3.8) is 0 Å². The van der Waals surface area contributed by atoms with E-state index in [1.54, 1.807) is 0 Å². The molecule has 0 saturated heterocycles. The maximum atomic E-state index is 10.5. The Balaban J connectivity index is 2.50. The Hall–Kier alpha value is -1.35. The van der Waals surface area contributed by atoms with Gasteiger partial charge in [-0.05, 0) is 42.0 Å². The van der Waals surface area contributed by atoms with E-state index in [-0.39, 0.29) is 11.5 Å². The summed E-state index contributed by atoms with van der Waals surface area (Å²) >= 11 is 0. The van der Waals surface area contributed by atoms with Crippen LogP contribution < -0.4 is 10.5 Å². The van der Waals surface area contributed by atoms with Crippen LogP contribution in [0.5, 0.6) is 5.75 Å². The van der Waals surface area contributed by atoms with Crippen LogP contribution in [0.2, 0.25) is 0 Å². The molecule has 0 spiro atoms. The number of rotatable bonds is 5. The van der Waals surface area contributed by atoms with Crippen LogP contribution >= 0.6 is 0 Å². The molecule has 0 unspecified atom stereocenters. The number of benzene rings is 1. The summed E-state index contributed by atoms with van der Waals surface area (Å²) in [5, 5.41) is 0. The lowest BCUT2D eigenvalue weighted by molar-refractivity contribution is -0.120. The summed E-state index contributed by atoms with van der Waals surface area (Å²) in [4.78, 5) is 10.5. The highest BCUT2D eigenvalue weighted by Crippen LogP contribution is 2.44. The SMILES string of the molecule is CCC[C@]1(C)c2cc(OC=O)ccc2C[C@H](CC)[C@@H]1N. The molecule has 0 fully saturated rings. The Kier molecular flexibility index (Phi) is 4.48. The van der Waals surface area contributed by atoms with E-state index in [0.29, 0.717) is 18.1 Å². The molecule has 110 valence electrons. The van der Waals surface area contributed by atoms with E-state index in [1.807, 2.05) is 12.1 Å². The standard InChI is InChI=1S/C17H25NO2/c1-4-8-17(3)15-10-14(20-11-19)7-6-13(15)9-12(5-2)16(17)18/h6-7,10-12,16H,4-5,8-9,18H2,1-3H3/t12-,16-,17+/m0/s1. The molecule has 0 saturated carbocycles. The van der Waals surface area contributed by atoms with Crippen LogP contribution in [0.1, 0.15) is 51.2 Å². The monoisotopic (exact) mass is 275 g/mol. The van der Waals surface area contributed by atoms with E-state index in [1.165, 1.54) is 11.1 Å². The average molecular weight is 275 g/mol. The van der Waals surface area contributed by atoms with E-state index in [0.717, 1.165) is 25.7 Å². The van der Waals surface area contributed by atoms with Crippen LogP contribution in [0.25, 0.3) is 0 Å². The van der Waals surface area contributed by atoms with Gasteiger partial charge in [0.25, 0.3) is 6.47 Å². The third-order valence-corrected chi connectivity index (χ3v) is 4.90. The lowest BCUT2D eigenvalue weighted by Crippen LogP contribution is -2.52. The van der Waals surface area contributed by atoms with Crippen LogP contribution in [0.3, 0.4) is 0 Å². The normalized spacial score (nSPS) is 28.8. The lowest BCUT2D eigenvalue weighted by Gasteiger charge is -2.45. The first kappa shape index (κ1) is 15.0. The Bertz CT molecular complexity index is 486. The van der Waals surface area contributed by atoms with E-state index >= 15 is 0 Å². The van der Waals surface area contributed by atoms with Crippen molar-refractivity contribution in [2.75, 3.05) is 0 Å². The quantitative estimate of drug-likeness (QED) is 0.840. The summed E-state index contributed by atoms with van der Waals surface area (Å²) in [6.45, 7) is 7.15. The number of hydrogen-bond donors (Lipinski definition) is 1. The van der Waals surface area contributed by atoms with E-state index in [9.17, 15) is 4.79 Å². The van der Waals surface area contributed by atoms with Gasteiger partial charge in [-0.15, -0.1) is 0 Å². The summed E-state index contributed by atoms with van der Waals surface area (Å²) in [5.74, 6) is 1.14. The number of carbonyl (C=O) groups excluding carboxylic acids is 1. The van der Waals surface area contributed by atoms with Gasteiger partial charge >= 0.3 is 0 Å². The number of fused-ring (bicyclic) bond motifs is 1. The van der Waals surface area contributed by atoms with Gasteiger partial charge in [-0.2, -0.15) is 0 Å².